The van der Waals surface area contributed by atoms with Gasteiger partial charge in [0.05, 0.1) is 17.2 Å². The van der Waals surface area contributed by atoms with Gasteiger partial charge in [-0.1, -0.05) is 36.4 Å². The van der Waals surface area contributed by atoms with Crippen molar-refractivity contribution >= 4 is 15.9 Å². The molecule has 0 spiro atoms. The first-order valence-corrected chi connectivity index (χ1v) is 6.71. The van der Waals surface area contributed by atoms with Crippen LogP contribution in [-0.2, 0) is 17.8 Å². The molecule has 1 unspecified atom stereocenters. The van der Waals surface area contributed by atoms with Crippen molar-refractivity contribution < 1.29 is 9.84 Å². The summed E-state index contributed by atoms with van der Waals surface area (Å²) in [7, 11) is 0. The Kier molecular flexibility index (Phi) is 3.10. The second-order valence-electron chi connectivity index (χ2n) is 4.45. The predicted molar refractivity (Wildman–Crippen MR) is 73.5 cm³/mol. The van der Waals surface area contributed by atoms with Gasteiger partial charge in [-0.25, -0.2) is 0 Å². The zero-order chi connectivity index (χ0) is 12.5. The lowest BCUT2D eigenvalue weighted by atomic mass is 9.94. The Morgan fingerprint density at radius 3 is 2.67 bits per heavy atom. The Morgan fingerprint density at radius 2 is 1.89 bits per heavy atom. The SMILES string of the molecule is Oc1c(Br)ccc2c1CC(c1ccccc1)OC2. The summed E-state index contributed by atoms with van der Waals surface area (Å²) >= 11 is 3.36. The van der Waals surface area contributed by atoms with Crippen molar-refractivity contribution in [2.24, 2.45) is 0 Å². The van der Waals surface area contributed by atoms with Gasteiger partial charge in [0.2, 0.25) is 0 Å². The van der Waals surface area contributed by atoms with Crippen molar-refractivity contribution in [1.82, 2.24) is 0 Å². The lowest BCUT2D eigenvalue weighted by Crippen LogP contribution is -2.15. The zero-order valence-electron chi connectivity index (χ0n) is 9.77. The van der Waals surface area contributed by atoms with Crippen molar-refractivity contribution in [2.45, 2.75) is 19.1 Å². The van der Waals surface area contributed by atoms with Gasteiger partial charge in [0.25, 0.3) is 0 Å². The summed E-state index contributed by atoms with van der Waals surface area (Å²) in [5.74, 6) is 0.344. The van der Waals surface area contributed by atoms with Crippen LogP contribution in [0.25, 0.3) is 0 Å². The molecule has 1 aliphatic heterocycles. The molecule has 0 aliphatic carbocycles. The molecular weight excluding hydrogens is 292 g/mol. The van der Waals surface area contributed by atoms with E-state index in [1.807, 2.05) is 30.3 Å². The molecule has 18 heavy (non-hydrogen) atoms. The topological polar surface area (TPSA) is 29.5 Å². The Bertz CT molecular complexity index is 566. The summed E-state index contributed by atoms with van der Waals surface area (Å²) in [5, 5.41) is 10.1. The summed E-state index contributed by atoms with van der Waals surface area (Å²) in [4.78, 5) is 0. The lowest BCUT2D eigenvalue weighted by molar-refractivity contribution is 0.0266. The number of phenols is 1. The molecule has 0 saturated carbocycles. The number of hydrogen-bond donors (Lipinski definition) is 1. The third kappa shape index (κ3) is 2.04. The molecule has 0 fully saturated rings. The molecule has 1 heterocycles. The van der Waals surface area contributed by atoms with E-state index in [4.69, 9.17) is 4.74 Å². The van der Waals surface area contributed by atoms with E-state index >= 15 is 0 Å². The fourth-order valence-corrected chi connectivity index (χ4v) is 2.70. The van der Waals surface area contributed by atoms with Crippen molar-refractivity contribution in [3.05, 3.63) is 63.6 Å². The fourth-order valence-electron chi connectivity index (χ4n) is 2.33. The zero-order valence-corrected chi connectivity index (χ0v) is 11.4. The highest BCUT2D eigenvalue weighted by atomic mass is 79.9. The maximum Gasteiger partial charge on any atom is 0.133 e. The molecule has 0 amide bonds. The molecule has 0 saturated heterocycles. The first-order valence-electron chi connectivity index (χ1n) is 5.91. The van der Waals surface area contributed by atoms with Gasteiger partial charge in [0.15, 0.2) is 0 Å². The van der Waals surface area contributed by atoms with E-state index in [0.29, 0.717) is 18.8 Å². The van der Waals surface area contributed by atoms with Crippen LogP contribution in [0.4, 0.5) is 0 Å². The summed E-state index contributed by atoms with van der Waals surface area (Å²) in [6, 6.07) is 14.0. The number of benzene rings is 2. The van der Waals surface area contributed by atoms with Crippen LogP contribution in [0.1, 0.15) is 22.8 Å². The quantitative estimate of drug-likeness (QED) is 0.864. The fraction of sp³-hybridized carbons (Fsp3) is 0.200. The van der Waals surface area contributed by atoms with Gasteiger partial charge in [-0.2, -0.15) is 0 Å². The Balaban J connectivity index is 1.96. The van der Waals surface area contributed by atoms with Gasteiger partial charge in [-0.15, -0.1) is 0 Å². The molecule has 2 aromatic carbocycles. The largest absolute Gasteiger partial charge is 0.506 e. The molecule has 1 N–H and O–H groups in total. The molecule has 0 radical (unpaired) electrons. The number of rotatable bonds is 1. The van der Waals surface area contributed by atoms with Gasteiger partial charge >= 0.3 is 0 Å². The van der Waals surface area contributed by atoms with Gasteiger partial charge in [-0.3, -0.25) is 0 Å². The molecule has 1 atom stereocenters. The maximum absolute atomic E-state index is 10.1. The molecular formula is C15H13BrO2. The average molecular weight is 305 g/mol. The standard InChI is InChI=1S/C15H13BrO2/c16-13-7-6-11-9-18-14(8-12(11)15(13)17)10-4-2-1-3-5-10/h1-7,14,17H,8-9H2. The van der Waals surface area contributed by atoms with Crippen molar-refractivity contribution in [3.63, 3.8) is 0 Å². The molecule has 1 aliphatic rings. The van der Waals surface area contributed by atoms with E-state index in [0.717, 1.165) is 21.2 Å². The van der Waals surface area contributed by atoms with E-state index in [1.165, 1.54) is 0 Å². The first kappa shape index (κ1) is 11.8. The summed E-state index contributed by atoms with van der Waals surface area (Å²) in [6.07, 6.45) is 0.740. The van der Waals surface area contributed by atoms with Crippen LogP contribution in [0.15, 0.2) is 46.9 Å². The van der Waals surface area contributed by atoms with E-state index in [9.17, 15) is 5.11 Å². The van der Waals surface area contributed by atoms with Gasteiger partial charge in [-0.05, 0) is 33.1 Å². The molecule has 2 aromatic rings. The van der Waals surface area contributed by atoms with E-state index in [1.54, 1.807) is 0 Å². The molecule has 0 bridgehead atoms. The molecule has 3 rings (SSSR count). The van der Waals surface area contributed by atoms with Crippen LogP contribution in [-0.4, -0.2) is 5.11 Å². The summed E-state index contributed by atoms with van der Waals surface area (Å²) in [6.45, 7) is 0.551. The summed E-state index contributed by atoms with van der Waals surface area (Å²) in [5.41, 5.74) is 3.22. The Labute approximate surface area is 114 Å². The highest BCUT2D eigenvalue weighted by molar-refractivity contribution is 9.10. The molecule has 0 aromatic heterocycles. The number of fused-ring (bicyclic) bond motifs is 1. The smallest absolute Gasteiger partial charge is 0.133 e. The highest BCUT2D eigenvalue weighted by Crippen LogP contribution is 2.38. The van der Waals surface area contributed by atoms with E-state index < -0.39 is 0 Å². The number of halogens is 1. The average Bonchev–Trinajstić information content (AvgIpc) is 2.44. The van der Waals surface area contributed by atoms with Crippen LogP contribution >= 0.6 is 15.9 Å². The number of hydrogen-bond acceptors (Lipinski definition) is 2. The van der Waals surface area contributed by atoms with Crippen molar-refractivity contribution in [2.75, 3.05) is 0 Å². The van der Waals surface area contributed by atoms with Crippen LogP contribution in [0, 0.1) is 0 Å². The minimum atomic E-state index is 0.0268. The van der Waals surface area contributed by atoms with Gasteiger partial charge < -0.3 is 9.84 Å². The van der Waals surface area contributed by atoms with Gasteiger partial charge in [0, 0.05) is 12.0 Å². The third-order valence-corrected chi connectivity index (χ3v) is 3.97. The number of phenolic OH excluding ortho intramolecular Hbond substituents is 1. The number of ether oxygens (including phenoxy) is 1. The van der Waals surface area contributed by atoms with E-state index in [2.05, 4.69) is 28.1 Å². The normalized spacial score (nSPS) is 18.4. The van der Waals surface area contributed by atoms with Gasteiger partial charge in [0.1, 0.15) is 5.75 Å². The highest BCUT2D eigenvalue weighted by Gasteiger charge is 2.23. The van der Waals surface area contributed by atoms with Crippen LogP contribution in [0.3, 0.4) is 0 Å². The van der Waals surface area contributed by atoms with Crippen molar-refractivity contribution in [1.29, 1.82) is 0 Å². The number of aromatic hydroxyl groups is 1. The van der Waals surface area contributed by atoms with Crippen LogP contribution in [0.5, 0.6) is 5.75 Å². The van der Waals surface area contributed by atoms with Crippen LogP contribution < -0.4 is 0 Å². The minimum Gasteiger partial charge on any atom is -0.506 e. The molecule has 3 heteroatoms. The summed E-state index contributed by atoms with van der Waals surface area (Å²) < 4.78 is 6.60. The molecule has 92 valence electrons. The predicted octanol–water partition coefficient (Wildman–Crippen LogP) is 3.97. The Hall–Kier alpha value is -1.32. The van der Waals surface area contributed by atoms with Crippen LogP contribution in [0.2, 0.25) is 0 Å². The second-order valence-corrected chi connectivity index (χ2v) is 5.30. The lowest BCUT2D eigenvalue weighted by Gasteiger charge is -2.26. The maximum atomic E-state index is 10.1. The first-order chi connectivity index (χ1) is 8.75. The minimum absolute atomic E-state index is 0.0268. The second kappa shape index (κ2) is 4.75. The Morgan fingerprint density at radius 1 is 1.11 bits per heavy atom. The monoisotopic (exact) mass is 304 g/mol. The molecule has 2 nitrogen and oxygen atoms in total. The third-order valence-electron chi connectivity index (χ3n) is 3.33. The van der Waals surface area contributed by atoms with E-state index in [-0.39, 0.29) is 6.10 Å². The van der Waals surface area contributed by atoms with Crippen molar-refractivity contribution in [3.8, 4) is 5.75 Å².